The van der Waals surface area contributed by atoms with Gasteiger partial charge in [-0.1, -0.05) is 43.3 Å². The molecule has 0 saturated heterocycles. The number of benzene rings is 2. The molecule has 1 aliphatic rings. The summed E-state index contributed by atoms with van der Waals surface area (Å²) in [5.74, 6) is -1.78. The highest BCUT2D eigenvalue weighted by molar-refractivity contribution is 7.13. The molecule has 5 N–H and O–H groups in total. The fourth-order valence-corrected chi connectivity index (χ4v) is 5.98. The van der Waals surface area contributed by atoms with Crippen molar-refractivity contribution in [2.75, 3.05) is 17.2 Å². The Morgan fingerprint density at radius 3 is 2.54 bits per heavy atom. The van der Waals surface area contributed by atoms with Crippen molar-refractivity contribution in [3.63, 3.8) is 0 Å². The van der Waals surface area contributed by atoms with Crippen molar-refractivity contribution < 1.29 is 19.8 Å². The smallest absolute Gasteiger partial charge is 0.334 e. The predicted octanol–water partition coefficient (Wildman–Crippen LogP) is 3.38. The van der Waals surface area contributed by atoms with Crippen molar-refractivity contribution in [1.29, 1.82) is 0 Å². The predicted molar refractivity (Wildman–Crippen MR) is 173 cm³/mol. The van der Waals surface area contributed by atoms with Crippen LogP contribution < -0.4 is 21.9 Å². The number of hydrogen-bond acceptors (Lipinski definition) is 10. The number of H-pyrrole nitrogens is 1. The third kappa shape index (κ3) is 6.32. The minimum Gasteiger partial charge on any atom is -0.508 e. The molecule has 1 aliphatic carbocycles. The molecule has 0 aliphatic heterocycles. The van der Waals surface area contributed by atoms with Gasteiger partial charge >= 0.3 is 11.7 Å². The highest BCUT2D eigenvalue weighted by atomic mass is 32.1. The van der Waals surface area contributed by atoms with Crippen LogP contribution >= 0.6 is 11.3 Å². The number of amides is 1. The van der Waals surface area contributed by atoms with Gasteiger partial charge in [0.15, 0.2) is 5.13 Å². The van der Waals surface area contributed by atoms with Gasteiger partial charge in [-0.05, 0) is 46.4 Å². The summed E-state index contributed by atoms with van der Waals surface area (Å²) in [7, 11) is 0. The number of aromatic nitrogens is 5. The Balaban J connectivity index is 1.31. The Labute approximate surface area is 265 Å². The lowest BCUT2D eigenvalue weighted by Crippen LogP contribution is -2.33. The minimum absolute atomic E-state index is 0.0509. The first kappa shape index (κ1) is 30.1. The molecule has 1 amide bonds. The molecule has 0 fully saturated rings. The van der Waals surface area contributed by atoms with Gasteiger partial charge in [0.2, 0.25) is 11.9 Å². The number of carbonyl (C=O) groups excluding carboxylic acids is 1. The SMILES string of the molecule is CCc1ccc2c(c1)C=Cc1cc(O)ccc1C2c1cn(-c2ccnc(NCC(=O)Nc3nc(CC(=O)O)cs3)n2)c(=O)[nH]c1=O. The number of carbonyl (C=O) groups is 2. The number of nitrogens with one attached hydrogen (secondary N) is 3. The van der Waals surface area contributed by atoms with Crippen molar-refractivity contribution in [1.82, 2.24) is 24.5 Å². The van der Waals surface area contributed by atoms with Crippen molar-refractivity contribution in [3.8, 4) is 11.6 Å². The average molecular weight is 638 g/mol. The number of anilines is 2. The van der Waals surface area contributed by atoms with Gasteiger partial charge in [-0.25, -0.2) is 14.8 Å². The maximum Gasteiger partial charge on any atom is 0.334 e. The van der Waals surface area contributed by atoms with Gasteiger partial charge in [-0.15, -0.1) is 11.3 Å². The molecule has 13 nitrogen and oxygen atoms in total. The van der Waals surface area contributed by atoms with E-state index in [1.54, 1.807) is 23.6 Å². The van der Waals surface area contributed by atoms with Gasteiger partial charge in [0, 0.05) is 35.3 Å². The lowest BCUT2D eigenvalue weighted by Gasteiger charge is -2.21. The molecule has 0 spiro atoms. The van der Waals surface area contributed by atoms with Gasteiger partial charge in [0.25, 0.3) is 5.56 Å². The number of aryl methyl sites for hydroxylation is 1. The molecule has 0 bridgehead atoms. The molecule has 232 valence electrons. The summed E-state index contributed by atoms with van der Waals surface area (Å²) in [6, 6.07) is 12.5. The maximum absolute atomic E-state index is 13.4. The fraction of sp³-hybridized carbons (Fsp3) is 0.156. The number of aromatic hydroxyl groups is 1. The van der Waals surface area contributed by atoms with Gasteiger partial charge < -0.3 is 20.8 Å². The summed E-state index contributed by atoms with van der Waals surface area (Å²) in [6.45, 7) is 1.82. The van der Waals surface area contributed by atoms with E-state index in [1.165, 1.54) is 23.0 Å². The maximum atomic E-state index is 13.4. The number of carboxylic acids is 1. The van der Waals surface area contributed by atoms with Gasteiger partial charge in [-0.2, -0.15) is 4.98 Å². The van der Waals surface area contributed by atoms with Gasteiger partial charge in [-0.3, -0.25) is 23.9 Å². The second kappa shape index (κ2) is 12.6. The third-order valence-electron chi connectivity index (χ3n) is 7.40. The number of hydrogen-bond donors (Lipinski definition) is 5. The number of phenols is 1. The van der Waals surface area contributed by atoms with E-state index in [9.17, 15) is 24.3 Å². The van der Waals surface area contributed by atoms with E-state index in [-0.39, 0.29) is 35.6 Å². The Kier molecular flexibility index (Phi) is 8.27. The molecule has 1 unspecified atom stereocenters. The van der Waals surface area contributed by atoms with Crippen LogP contribution in [0.25, 0.3) is 18.0 Å². The molecule has 5 aromatic rings. The number of aromatic amines is 1. The molecule has 3 aromatic heterocycles. The Morgan fingerprint density at radius 1 is 1.02 bits per heavy atom. The minimum atomic E-state index is -1.03. The van der Waals surface area contributed by atoms with Crippen molar-refractivity contribution >= 4 is 46.4 Å². The van der Waals surface area contributed by atoms with E-state index in [2.05, 4.69) is 43.6 Å². The topological polar surface area (TPSA) is 192 Å². The number of fused-ring (bicyclic) bond motifs is 2. The molecule has 1 atom stereocenters. The standard InChI is InChI=1S/C32H27N7O6S/c1-2-17-3-7-22-18(11-17)4-5-19-12-21(40)6-8-23(19)28(22)24-15-39(32(45)38-29(24)44)25-9-10-33-30(36-25)34-14-26(41)37-31-35-20(16-46-31)13-27(42)43/h3-12,15-16,28,40H,2,13-14H2,1H3,(H,42,43)(H,33,34,36)(H,35,37,41)(H,38,44,45). The van der Waals surface area contributed by atoms with E-state index >= 15 is 0 Å². The van der Waals surface area contributed by atoms with Crippen LogP contribution in [0.1, 0.15) is 51.9 Å². The molecule has 14 heteroatoms. The molecule has 3 heterocycles. The summed E-state index contributed by atoms with van der Waals surface area (Å²) in [5.41, 5.74) is 3.77. The molecule has 2 aromatic carbocycles. The van der Waals surface area contributed by atoms with Crippen LogP contribution in [0.4, 0.5) is 11.1 Å². The van der Waals surface area contributed by atoms with Crippen LogP contribution in [0.2, 0.25) is 0 Å². The average Bonchev–Trinajstić information content (AvgIpc) is 3.39. The van der Waals surface area contributed by atoms with Gasteiger partial charge in [0.1, 0.15) is 11.6 Å². The van der Waals surface area contributed by atoms with E-state index in [0.29, 0.717) is 11.3 Å². The quantitative estimate of drug-likeness (QED) is 0.157. The van der Waals surface area contributed by atoms with Crippen LogP contribution in [-0.4, -0.2) is 53.1 Å². The zero-order chi connectivity index (χ0) is 32.4. The second-order valence-corrected chi connectivity index (χ2v) is 11.3. The number of thiazole rings is 1. The van der Waals surface area contributed by atoms with Crippen molar-refractivity contribution in [3.05, 3.63) is 120 Å². The molecule has 6 rings (SSSR count). The van der Waals surface area contributed by atoms with Crippen LogP contribution in [0.15, 0.2) is 69.8 Å². The van der Waals surface area contributed by atoms with E-state index in [1.807, 2.05) is 24.3 Å². The number of rotatable bonds is 9. The van der Waals surface area contributed by atoms with Crippen LogP contribution in [0.3, 0.4) is 0 Å². The molecular weight excluding hydrogens is 610 g/mol. The van der Waals surface area contributed by atoms with Crippen LogP contribution in [0.5, 0.6) is 5.75 Å². The summed E-state index contributed by atoms with van der Waals surface area (Å²) in [5, 5.41) is 26.3. The van der Waals surface area contributed by atoms with Crippen LogP contribution in [-0.2, 0) is 22.4 Å². The van der Waals surface area contributed by atoms with E-state index in [4.69, 9.17) is 5.11 Å². The molecule has 0 radical (unpaired) electrons. The summed E-state index contributed by atoms with van der Waals surface area (Å²) in [6.07, 6.45) is 7.31. The third-order valence-corrected chi connectivity index (χ3v) is 8.21. The molecule has 0 saturated carbocycles. The molecule has 46 heavy (non-hydrogen) atoms. The number of carboxylic acid groups (broad SMARTS) is 1. The highest BCUT2D eigenvalue weighted by Gasteiger charge is 2.27. The lowest BCUT2D eigenvalue weighted by atomic mass is 9.83. The fourth-order valence-electron chi connectivity index (χ4n) is 5.26. The number of nitrogens with zero attached hydrogens (tertiary/aromatic N) is 4. The van der Waals surface area contributed by atoms with Crippen molar-refractivity contribution in [2.45, 2.75) is 25.7 Å². The van der Waals surface area contributed by atoms with Gasteiger partial charge in [0.05, 0.1) is 18.7 Å². The monoisotopic (exact) mass is 637 g/mol. The first-order valence-corrected chi connectivity index (χ1v) is 15.1. The lowest BCUT2D eigenvalue weighted by molar-refractivity contribution is -0.136. The first-order valence-electron chi connectivity index (χ1n) is 14.2. The Hall–Kier alpha value is -5.89. The van der Waals surface area contributed by atoms with E-state index in [0.717, 1.165) is 45.6 Å². The Morgan fingerprint density at radius 2 is 1.78 bits per heavy atom. The number of phenolic OH excluding ortho intramolecular Hbond substituents is 1. The largest absolute Gasteiger partial charge is 0.508 e. The number of aliphatic carboxylic acids is 1. The summed E-state index contributed by atoms with van der Waals surface area (Å²) in [4.78, 5) is 64.9. The highest BCUT2D eigenvalue weighted by Crippen LogP contribution is 2.39. The second-order valence-electron chi connectivity index (χ2n) is 10.5. The zero-order valence-electron chi connectivity index (χ0n) is 24.4. The molecular formula is C32H27N7O6S. The normalized spacial score (nSPS) is 13.4. The summed E-state index contributed by atoms with van der Waals surface area (Å²) < 4.78 is 1.21. The zero-order valence-corrected chi connectivity index (χ0v) is 25.2. The summed E-state index contributed by atoms with van der Waals surface area (Å²) >= 11 is 1.10. The van der Waals surface area contributed by atoms with Crippen molar-refractivity contribution in [2.24, 2.45) is 0 Å². The van der Waals surface area contributed by atoms with E-state index < -0.39 is 29.0 Å². The van der Waals surface area contributed by atoms with Crippen LogP contribution in [0, 0.1) is 0 Å². The first-order chi connectivity index (χ1) is 22.2. The Bertz CT molecular complexity index is 2130.